The summed E-state index contributed by atoms with van der Waals surface area (Å²) in [7, 11) is 0. The molecule has 0 saturated heterocycles. The monoisotopic (exact) mass is 1180 g/mol. The molecule has 21 heteroatoms. The van der Waals surface area contributed by atoms with Crippen LogP contribution in [0.4, 0.5) is 0 Å². The fraction of sp³-hybridized carbons (Fsp3) is 0.222. The van der Waals surface area contributed by atoms with Gasteiger partial charge in [0.1, 0.15) is 15.1 Å². The summed E-state index contributed by atoms with van der Waals surface area (Å²) in [5, 5.41) is 20.5. The summed E-state index contributed by atoms with van der Waals surface area (Å²) in [5.74, 6) is -0.0181. The Bertz CT molecular complexity index is 3040. The van der Waals surface area contributed by atoms with Crippen molar-refractivity contribution in [3.63, 3.8) is 0 Å². The van der Waals surface area contributed by atoms with Crippen molar-refractivity contribution in [2.45, 2.75) is 78.0 Å². The van der Waals surface area contributed by atoms with Crippen LogP contribution in [0.15, 0.2) is 126 Å². The van der Waals surface area contributed by atoms with Gasteiger partial charge in [0.05, 0.1) is 15.1 Å². The fourth-order valence-electron chi connectivity index (χ4n) is 7.12. The van der Waals surface area contributed by atoms with E-state index >= 15 is 0 Å². The second kappa shape index (κ2) is 28.1. The molecule has 9 rings (SSSR count). The van der Waals surface area contributed by atoms with E-state index in [2.05, 4.69) is 102 Å². The van der Waals surface area contributed by atoms with E-state index in [4.69, 9.17) is 83.8 Å². The maximum Gasteiger partial charge on any atom is 0.261 e. The molecule has 390 valence electrons. The molecule has 0 fully saturated rings. The first kappa shape index (κ1) is 57.2. The lowest BCUT2D eigenvalue weighted by Gasteiger charge is -2.17. The van der Waals surface area contributed by atoms with Crippen molar-refractivity contribution in [3.05, 3.63) is 173 Å². The fourth-order valence-corrected chi connectivity index (χ4v) is 10.7. The van der Waals surface area contributed by atoms with Crippen LogP contribution in [0, 0.1) is 0 Å². The molecule has 0 saturated carbocycles. The molecule has 3 aromatic carbocycles. The number of carbonyl (C=O) groups is 3. The van der Waals surface area contributed by atoms with Gasteiger partial charge in [-0.25, -0.2) is 15.0 Å². The second-order valence-electron chi connectivity index (χ2n) is 16.4. The van der Waals surface area contributed by atoms with Crippen LogP contribution in [0.5, 0.6) is 17.6 Å². The topological polar surface area (TPSA) is 154 Å². The number of ether oxygens (including phenoxy) is 3. The lowest BCUT2D eigenvalue weighted by Crippen LogP contribution is -2.37. The number of hydrogen-bond donors (Lipinski definition) is 3. The van der Waals surface area contributed by atoms with E-state index < -0.39 is 18.3 Å². The number of aromatic nitrogens is 3. The Balaban J connectivity index is 0.000000164. The third-order valence-corrected chi connectivity index (χ3v) is 15.2. The minimum absolute atomic E-state index is 0.202. The van der Waals surface area contributed by atoms with Gasteiger partial charge in [-0.05, 0) is 141 Å². The molecule has 6 heterocycles. The minimum atomic E-state index is -0.670. The van der Waals surface area contributed by atoms with Gasteiger partial charge in [0.15, 0.2) is 18.3 Å². The van der Waals surface area contributed by atoms with Gasteiger partial charge in [0, 0.05) is 52.3 Å². The molecule has 0 bridgehead atoms. The number of halogens is 6. The van der Waals surface area contributed by atoms with Gasteiger partial charge < -0.3 is 30.2 Å². The number of hydrogen-bond acceptors (Lipinski definition) is 12. The third-order valence-electron chi connectivity index (χ3n) is 11.0. The van der Waals surface area contributed by atoms with Crippen LogP contribution >= 0.6 is 104 Å². The average Bonchev–Trinajstić information content (AvgIpc) is 4.20. The van der Waals surface area contributed by atoms with Crippen LogP contribution in [0.25, 0.3) is 30.3 Å². The summed E-state index contributed by atoms with van der Waals surface area (Å²) in [5.41, 5.74) is 3.12. The highest BCUT2D eigenvalue weighted by atomic mass is 35.5. The van der Waals surface area contributed by atoms with Gasteiger partial charge in [0.25, 0.3) is 17.7 Å². The van der Waals surface area contributed by atoms with Gasteiger partial charge in [-0.3, -0.25) is 14.4 Å². The summed E-state index contributed by atoms with van der Waals surface area (Å²) in [6.45, 7) is 6.91. The molecule has 3 N–H and O–H groups in total. The summed E-state index contributed by atoms with van der Waals surface area (Å²) in [6.07, 6.45) is 3.78. The molecule has 9 aromatic rings. The summed E-state index contributed by atoms with van der Waals surface area (Å²) in [4.78, 5) is 49.3. The molecular formula is C54H48Cl6N6O6S3. The number of pyridine rings is 3. The van der Waals surface area contributed by atoms with Crippen molar-refractivity contribution in [1.82, 2.24) is 30.9 Å². The molecule has 0 aliphatic carbocycles. The summed E-state index contributed by atoms with van der Waals surface area (Å²) < 4.78 is 20.6. The van der Waals surface area contributed by atoms with Crippen LogP contribution in [0.1, 0.15) is 56.7 Å². The Kier molecular flexibility index (Phi) is 21.4. The van der Waals surface area contributed by atoms with Crippen LogP contribution in [-0.2, 0) is 34.0 Å². The molecular weight excluding hydrogens is 1140 g/mol. The number of fused-ring (bicyclic) bond motifs is 3. The normalized spacial score (nSPS) is 12.1. The summed E-state index contributed by atoms with van der Waals surface area (Å²) in [6, 6.07) is 29.3. The molecule has 12 nitrogen and oxygen atoms in total. The van der Waals surface area contributed by atoms with Crippen molar-refractivity contribution in [1.29, 1.82) is 0 Å². The minimum Gasteiger partial charge on any atom is -0.463 e. The van der Waals surface area contributed by atoms with E-state index in [-0.39, 0.29) is 50.4 Å². The van der Waals surface area contributed by atoms with Crippen molar-refractivity contribution in [2.75, 3.05) is 0 Å². The highest BCUT2D eigenvalue weighted by Crippen LogP contribution is 2.30. The van der Waals surface area contributed by atoms with Gasteiger partial charge in [-0.15, -0.1) is 34.0 Å². The number of carbonyl (C=O) groups excluding carboxylic acids is 3. The number of nitrogens with zero attached hydrogens (tertiary/aromatic N) is 3. The van der Waals surface area contributed by atoms with Crippen molar-refractivity contribution in [3.8, 4) is 17.6 Å². The zero-order chi connectivity index (χ0) is 53.4. The number of benzene rings is 3. The van der Waals surface area contributed by atoms with Crippen LogP contribution < -0.4 is 30.2 Å². The van der Waals surface area contributed by atoms with Crippen molar-refractivity contribution < 1.29 is 28.6 Å². The van der Waals surface area contributed by atoms with Crippen LogP contribution in [0.2, 0.25) is 30.1 Å². The number of rotatable bonds is 18. The first-order valence-corrected chi connectivity index (χ1v) is 28.2. The molecule has 75 heavy (non-hydrogen) atoms. The molecule has 0 radical (unpaired) electrons. The Morgan fingerprint density at radius 3 is 0.973 bits per heavy atom. The summed E-state index contributed by atoms with van der Waals surface area (Å²) >= 11 is 40.7. The van der Waals surface area contributed by atoms with E-state index in [9.17, 15) is 14.4 Å². The lowest BCUT2D eigenvalue weighted by molar-refractivity contribution is -0.129. The molecule has 3 amide bonds. The number of thiophene rings is 3. The molecule has 0 aliphatic heterocycles. The Morgan fingerprint density at radius 1 is 0.440 bits per heavy atom. The zero-order valence-electron chi connectivity index (χ0n) is 40.4. The SMILES string of the molecule is CCC(Oc1ncc(Cl)cc1Cl)C(=O)NCc1ccc2sccc2c1.CC[C@@H](Oc1ncc(Cl)cc1Cl)C(=O)NCc1ccc2sccc2c1.CC[C@H](Oc1ncc(Cl)cc1Cl)C(=O)NCc1ccc2sccc2c1. The number of nitrogens with one attached hydrogen (secondary N) is 3. The predicted octanol–water partition coefficient (Wildman–Crippen LogP) is 15.2. The van der Waals surface area contributed by atoms with Crippen molar-refractivity contribution >= 4 is 152 Å². The van der Waals surface area contributed by atoms with E-state index in [0.717, 1.165) is 16.7 Å². The maximum absolute atomic E-state index is 12.4. The smallest absolute Gasteiger partial charge is 0.261 e. The van der Waals surface area contributed by atoms with Gasteiger partial charge in [0.2, 0.25) is 17.6 Å². The first-order chi connectivity index (χ1) is 36.2. The Morgan fingerprint density at radius 2 is 0.720 bits per heavy atom. The largest absolute Gasteiger partial charge is 0.463 e. The van der Waals surface area contributed by atoms with Gasteiger partial charge in [-0.2, -0.15) is 0 Å². The Labute approximate surface area is 475 Å². The van der Waals surface area contributed by atoms with E-state index in [1.54, 1.807) is 34.0 Å². The zero-order valence-corrected chi connectivity index (χ0v) is 47.4. The third kappa shape index (κ3) is 16.5. The molecule has 3 atom stereocenters. The first-order valence-electron chi connectivity index (χ1n) is 23.3. The highest BCUT2D eigenvalue weighted by molar-refractivity contribution is 7.17. The van der Waals surface area contributed by atoms with Crippen LogP contribution in [0.3, 0.4) is 0 Å². The Hall–Kier alpha value is -5.46. The number of amides is 3. The molecule has 6 aromatic heterocycles. The van der Waals surface area contributed by atoms with Crippen molar-refractivity contribution in [2.24, 2.45) is 0 Å². The van der Waals surface area contributed by atoms with E-state index in [1.807, 2.05) is 39.0 Å². The van der Waals surface area contributed by atoms with E-state index in [0.29, 0.717) is 54.0 Å². The quantitative estimate of drug-likeness (QED) is 0.0762. The van der Waals surface area contributed by atoms with Crippen LogP contribution in [-0.4, -0.2) is 51.0 Å². The molecule has 1 unspecified atom stereocenters. The highest BCUT2D eigenvalue weighted by Gasteiger charge is 2.23. The van der Waals surface area contributed by atoms with Gasteiger partial charge in [-0.1, -0.05) is 109 Å². The van der Waals surface area contributed by atoms with Gasteiger partial charge >= 0.3 is 0 Å². The van der Waals surface area contributed by atoms with E-state index in [1.165, 1.54) is 67.0 Å². The maximum atomic E-state index is 12.4. The molecule has 0 spiro atoms. The lowest BCUT2D eigenvalue weighted by atomic mass is 10.1. The predicted molar refractivity (Wildman–Crippen MR) is 308 cm³/mol. The second-order valence-corrected chi connectivity index (χ2v) is 21.8. The molecule has 0 aliphatic rings. The standard InChI is InChI=1S/3C18H16Cl2N2O2S/c3*1-2-15(24-18-14(20)8-13(19)10-22-18)17(23)21-9-11-3-4-16-12(7-11)5-6-25-16/h3*3-8,10,15H,2,9H2,1H3,(H,21,23)/t2*15-;/m10./s1. The average molecular weight is 1190 g/mol.